The number of thioether (sulfide) groups is 1. The monoisotopic (exact) mass is 401 g/mol. The van der Waals surface area contributed by atoms with Gasteiger partial charge in [-0.25, -0.2) is 9.97 Å². The molecule has 28 heavy (non-hydrogen) atoms. The summed E-state index contributed by atoms with van der Waals surface area (Å²) >= 11 is 1.42. The fourth-order valence-electron chi connectivity index (χ4n) is 2.59. The number of rotatable bonds is 7. The number of aromatic amines is 1. The lowest BCUT2D eigenvalue weighted by atomic mass is 10.2. The Morgan fingerprint density at radius 2 is 1.96 bits per heavy atom. The van der Waals surface area contributed by atoms with E-state index >= 15 is 0 Å². The number of nitrogens with zero attached hydrogens (tertiary/aromatic N) is 2. The van der Waals surface area contributed by atoms with Crippen molar-refractivity contribution < 1.29 is 13.9 Å². The van der Waals surface area contributed by atoms with Crippen molar-refractivity contribution in [3.05, 3.63) is 51.3 Å². The van der Waals surface area contributed by atoms with Crippen LogP contribution in [0.15, 0.2) is 32.6 Å². The molecule has 3 aromatic rings. The van der Waals surface area contributed by atoms with E-state index in [1.165, 1.54) is 11.8 Å². The average Bonchev–Trinajstić information content (AvgIpc) is 3.05. The maximum Gasteiger partial charge on any atom is 0.254 e. The van der Waals surface area contributed by atoms with Crippen LogP contribution in [0.5, 0.6) is 11.5 Å². The number of benzene rings is 1. The second-order valence-corrected chi connectivity index (χ2v) is 7.15. The minimum Gasteiger partial charge on any atom is -0.493 e. The summed E-state index contributed by atoms with van der Waals surface area (Å²) in [6.07, 6.45) is 0. The first-order chi connectivity index (χ1) is 13.4. The van der Waals surface area contributed by atoms with Crippen LogP contribution in [-0.4, -0.2) is 28.7 Å². The minimum absolute atomic E-state index is 0.117. The van der Waals surface area contributed by atoms with E-state index in [1.807, 2.05) is 39.0 Å². The number of methoxy groups -OCH3 is 1. The van der Waals surface area contributed by atoms with E-state index in [2.05, 4.69) is 15.0 Å². The van der Waals surface area contributed by atoms with Gasteiger partial charge < -0.3 is 18.9 Å². The molecule has 0 unspecified atom stereocenters. The van der Waals surface area contributed by atoms with Crippen LogP contribution in [0.3, 0.4) is 0 Å². The Labute approximate surface area is 167 Å². The van der Waals surface area contributed by atoms with Crippen LogP contribution in [0.1, 0.15) is 29.6 Å². The molecule has 3 rings (SSSR count). The summed E-state index contributed by atoms with van der Waals surface area (Å²) in [6, 6.07) is 5.57. The fraction of sp³-hybridized carbons (Fsp3) is 0.350. The van der Waals surface area contributed by atoms with E-state index < -0.39 is 0 Å². The smallest absolute Gasteiger partial charge is 0.254 e. The Morgan fingerprint density at radius 1 is 1.18 bits per heavy atom. The Kier molecular flexibility index (Phi) is 6.08. The van der Waals surface area contributed by atoms with Crippen LogP contribution >= 0.6 is 11.8 Å². The molecule has 1 N–H and O–H groups in total. The van der Waals surface area contributed by atoms with Gasteiger partial charge in [-0.2, -0.15) is 0 Å². The van der Waals surface area contributed by atoms with Crippen molar-refractivity contribution in [2.45, 2.75) is 38.6 Å². The molecule has 8 heteroatoms. The molecule has 0 amide bonds. The first-order valence-electron chi connectivity index (χ1n) is 8.90. The van der Waals surface area contributed by atoms with Gasteiger partial charge in [0.25, 0.3) is 5.56 Å². The Hall–Kier alpha value is -2.74. The highest BCUT2D eigenvalue weighted by Crippen LogP contribution is 2.33. The lowest BCUT2D eigenvalue weighted by molar-refractivity contribution is 0.311. The highest BCUT2D eigenvalue weighted by Gasteiger charge is 2.15. The molecule has 0 radical (unpaired) electrons. The van der Waals surface area contributed by atoms with E-state index in [-0.39, 0.29) is 5.56 Å². The third-order valence-corrected chi connectivity index (χ3v) is 5.21. The van der Waals surface area contributed by atoms with Crippen LogP contribution in [0.25, 0.3) is 11.5 Å². The molecule has 7 nitrogen and oxygen atoms in total. The number of oxazole rings is 1. The third kappa shape index (κ3) is 4.22. The summed E-state index contributed by atoms with van der Waals surface area (Å²) in [5.41, 5.74) is 2.85. The first kappa shape index (κ1) is 20.0. The Bertz CT molecular complexity index is 1040. The maximum atomic E-state index is 11.9. The SMILES string of the molecule is CCOc1ccc(-c2nc(CSc3nc(C)c(C)c(=O)[nH]3)c(C)o2)cc1OC. The van der Waals surface area contributed by atoms with Crippen molar-refractivity contribution in [2.24, 2.45) is 0 Å². The number of nitrogens with one attached hydrogen (secondary N) is 1. The van der Waals surface area contributed by atoms with E-state index in [0.29, 0.717) is 40.5 Å². The van der Waals surface area contributed by atoms with Crippen molar-refractivity contribution in [1.82, 2.24) is 15.0 Å². The molecule has 148 valence electrons. The molecule has 0 spiro atoms. The van der Waals surface area contributed by atoms with Gasteiger partial charge >= 0.3 is 0 Å². The van der Waals surface area contributed by atoms with Crippen molar-refractivity contribution >= 4 is 11.8 Å². The predicted octanol–water partition coefficient (Wildman–Crippen LogP) is 4.05. The van der Waals surface area contributed by atoms with Gasteiger partial charge in [0.2, 0.25) is 5.89 Å². The number of ether oxygens (including phenoxy) is 2. The molecule has 0 aliphatic carbocycles. The largest absolute Gasteiger partial charge is 0.493 e. The van der Waals surface area contributed by atoms with Crippen LogP contribution in [0.2, 0.25) is 0 Å². The summed E-state index contributed by atoms with van der Waals surface area (Å²) in [7, 11) is 1.60. The Balaban J connectivity index is 1.81. The van der Waals surface area contributed by atoms with Gasteiger partial charge in [0.15, 0.2) is 16.7 Å². The van der Waals surface area contributed by atoms with E-state index in [4.69, 9.17) is 13.9 Å². The molecular weight excluding hydrogens is 378 g/mol. The van der Waals surface area contributed by atoms with Gasteiger partial charge in [0.1, 0.15) is 5.76 Å². The third-order valence-electron chi connectivity index (χ3n) is 4.32. The molecule has 0 aliphatic rings. The summed E-state index contributed by atoms with van der Waals surface area (Å²) in [5, 5.41) is 0.569. The van der Waals surface area contributed by atoms with Gasteiger partial charge in [-0.05, 0) is 45.9 Å². The molecule has 2 aromatic heterocycles. The molecule has 1 aromatic carbocycles. The average molecular weight is 401 g/mol. The number of hydrogen-bond donors (Lipinski definition) is 1. The highest BCUT2D eigenvalue weighted by molar-refractivity contribution is 7.98. The molecule has 0 aliphatic heterocycles. The van der Waals surface area contributed by atoms with Gasteiger partial charge in [-0.15, -0.1) is 0 Å². The van der Waals surface area contributed by atoms with E-state index in [1.54, 1.807) is 14.0 Å². The second kappa shape index (κ2) is 8.52. The zero-order valence-electron chi connectivity index (χ0n) is 16.6. The number of H-pyrrole nitrogens is 1. The van der Waals surface area contributed by atoms with Gasteiger partial charge in [0.05, 0.1) is 19.4 Å². The number of aromatic nitrogens is 3. The highest BCUT2D eigenvalue weighted by atomic mass is 32.2. The van der Waals surface area contributed by atoms with Crippen LogP contribution in [0, 0.1) is 20.8 Å². The van der Waals surface area contributed by atoms with Crippen LogP contribution in [-0.2, 0) is 5.75 Å². The van der Waals surface area contributed by atoms with Crippen molar-refractivity contribution in [3.8, 4) is 23.0 Å². The second-order valence-electron chi connectivity index (χ2n) is 6.19. The van der Waals surface area contributed by atoms with Gasteiger partial charge in [-0.3, -0.25) is 4.79 Å². The summed E-state index contributed by atoms with van der Waals surface area (Å²) in [4.78, 5) is 23.7. The van der Waals surface area contributed by atoms with Crippen molar-refractivity contribution in [2.75, 3.05) is 13.7 Å². The fourth-order valence-corrected chi connectivity index (χ4v) is 3.49. The molecule has 2 heterocycles. The van der Waals surface area contributed by atoms with E-state index in [9.17, 15) is 4.79 Å². The lowest BCUT2D eigenvalue weighted by Crippen LogP contribution is -2.14. The molecule has 0 atom stereocenters. The number of aryl methyl sites for hydroxylation is 2. The topological polar surface area (TPSA) is 90.2 Å². The maximum absolute atomic E-state index is 11.9. The predicted molar refractivity (Wildman–Crippen MR) is 108 cm³/mol. The van der Waals surface area contributed by atoms with E-state index in [0.717, 1.165) is 22.7 Å². The Morgan fingerprint density at radius 3 is 2.64 bits per heavy atom. The summed E-state index contributed by atoms with van der Waals surface area (Å²) in [5.74, 6) is 3.08. The van der Waals surface area contributed by atoms with Gasteiger partial charge in [-0.1, -0.05) is 11.8 Å². The summed E-state index contributed by atoms with van der Waals surface area (Å²) in [6.45, 7) is 7.94. The van der Waals surface area contributed by atoms with Crippen molar-refractivity contribution in [3.63, 3.8) is 0 Å². The van der Waals surface area contributed by atoms with Crippen LogP contribution in [0.4, 0.5) is 0 Å². The van der Waals surface area contributed by atoms with Crippen molar-refractivity contribution in [1.29, 1.82) is 0 Å². The molecule has 0 saturated carbocycles. The molecule has 0 fully saturated rings. The van der Waals surface area contributed by atoms with Crippen LogP contribution < -0.4 is 15.0 Å². The lowest BCUT2D eigenvalue weighted by Gasteiger charge is -2.09. The standard InChI is InChI=1S/C20H23N3O4S/c1-6-26-16-8-7-14(9-17(16)25-5)19-22-15(13(4)27-19)10-28-20-21-12(3)11(2)18(24)23-20/h7-9H,6,10H2,1-5H3,(H,21,23,24). The zero-order valence-corrected chi connectivity index (χ0v) is 17.4. The normalized spacial score (nSPS) is 10.9. The molecular formula is C20H23N3O4S. The molecule has 0 bridgehead atoms. The quantitative estimate of drug-likeness (QED) is 0.472. The molecule has 0 saturated heterocycles. The summed E-state index contributed by atoms with van der Waals surface area (Å²) < 4.78 is 16.8. The zero-order chi connectivity index (χ0) is 20.3. The van der Waals surface area contributed by atoms with Gasteiger partial charge in [0, 0.05) is 22.6 Å². The minimum atomic E-state index is -0.117. The number of hydrogen-bond acceptors (Lipinski definition) is 7. The first-order valence-corrected chi connectivity index (χ1v) is 9.89.